The second-order valence-electron chi connectivity index (χ2n) is 13.9. The Kier molecular flexibility index (Phi) is 13.0. The Hall–Kier alpha value is -6.82. The third-order valence-corrected chi connectivity index (χ3v) is 11.9. The highest BCUT2D eigenvalue weighted by Gasteiger charge is 2.22. The highest BCUT2D eigenvalue weighted by atomic mass is 32.2. The highest BCUT2D eigenvalue weighted by molar-refractivity contribution is 7.87. The Bertz CT molecular complexity index is 2810. The number of anilines is 10. The van der Waals surface area contributed by atoms with E-state index in [2.05, 4.69) is 51.2 Å². The molecule has 2 aliphatic rings. The fourth-order valence-corrected chi connectivity index (χ4v) is 8.12. The van der Waals surface area contributed by atoms with Crippen molar-refractivity contribution in [2.45, 2.75) is 9.79 Å². The summed E-state index contributed by atoms with van der Waals surface area (Å²) >= 11 is 0. The normalized spacial score (nSPS) is 14.7. The van der Waals surface area contributed by atoms with Crippen molar-refractivity contribution in [3.63, 3.8) is 0 Å². The predicted molar refractivity (Wildman–Crippen MR) is 238 cm³/mol. The zero-order valence-corrected chi connectivity index (χ0v) is 35.4. The van der Waals surface area contributed by atoms with Crippen LogP contribution in [0.4, 0.5) is 58.4 Å². The number of rotatable bonds is 15. The first kappa shape index (κ1) is 42.9. The summed E-state index contributed by atoms with van der Waals surface area (Å²) in [4.78, 5) is 30.6. The molecule has 0 amide bonds. The first-order valence-corrected chi connectivity index (χ1v) is 22.4. The van der Waals surface area contributed by atoms with Crippen molar-refractivity contribution in [1.29, 1.82) is 0 Å². The van der Waals surface area contributed by atoms with Crippen LogP contribution in [0.5, 0.6) is 0 Å². The standard InChI is InChI=1S/C41H42N12O8S2/c1-59-63(57,58)35-27-33(45-39-47-37(43-31-10-6-3-7-11-31)49-41(51-39)53-20-24-61-25-21-53)17-15-29(35)13-12-28-14-16-32(26-34(28)62(54,55)56)44-38-46-36(42-30-8-4-2-5-9-30)48-40(50-38)52-18-22-60-23-19-52/h2-17,26-27H,18-25H2,1H3,(H,54,55,56)(H2,42,44,46,48,50)(H2,43,45,47,49,51)/b13-12+. The van der Waals surface area contributed by atoms with E-state index in [1.54, 1.807) is 12.1 Å². The Morgan fingerprint density at radius 3 is 1.32 bits per heavy atom. The lowest BCUT2D eigenvalue weighted by Crippen LogP contribution is -2.37. The summed E-state index contributed by atoms with van der Waals surface area (Å²) in [5.74, 6) is 1.52. The molecule has 0 unspecified atom stereocenters. The molecule has 63 heavy (non-hydrogen) atoms. The van der Waals surface area contributed by atoms with E-state index in [1.807, 2.05) is 70.5 Å². The summed E-state index contributed by atoms with van der Waals surface area (Å²) in [7, 11) is -8.11. The molecule has 2 aromatic heterocycles. The van der Waals surface area contributed by atoms with Gasteiger partial charge in [-0.2, -0.15) is 46.7 Å². The van der Waals surface area contributed by atoms with Crippen LogP contribution in [0.3, 0.4) is 0 Å². The molecule has 22 heteroatoms. The van der Waals surface area contributed by atoms with Gasteiger partial charge in [-0.3, -0.25) is 8.74 Å². The van der Waals surface area contributed by atoms with Crippen LogP contribution >= 0.6 is 0 Å². The molecule has 0 bridgehead atoms. The third-order valence-electron chi connectivity index (χ3n) is 9.64. The van der Waals surface area contributed by atoms with Crippen LogP contribution < -0.4 is 31.1 Å². The lowest BCUT2D eigenvalue weighted by atomic mass is 10.1. The van der Waals surface area contributed by atoms with Gasteiger partial charge in [0.2, 0.25) is 35.7 Å². The Balaban J connectivity index is 1.08. The van der Waals surface area contributed by atoms with Gasteiger partial charge in [0.1, 0.15) is 9.79 Å². The minimum Gasteiger partial charge on any atom is -0.378 e. The van der Waals surface area contributed by atoms with Crippen LogP contribution in [0.1, 0.15) is 11.1 Å². The molecule has 4 aromatic carbocycles. The molecule has 0 spiro atoms. The summed E-state index contributed by atoms with van der Waals surface area (Å²) in [5.41, 5.74) is 2.24. The zero-order chi connectivity index (χ0) is 43.8. The fraction of sp³-hybridized carbons (Fsp3) is 0.220. The maximum Gasteiger partial charge on any atom is 0.297 e. The minimum absolute atomic E-state index is 0.0568. The number of benzene rings is 4. The monoisotopic (exact) mass is 894 g/mol. The van der Waals surface area contributed by atoms with Gasteiger partial charge < -0.3 is 40.5 Å². The number of nitrogens with zero attached hydrogens (tertiary/aromatic N) is 8. The molecular formula is C41H42N12O8S2. The van der Waals surface area contributed by atoms with Gasteiger partial charge in [-0.15, -0.1) is 0 Å². The first-order chi connectivity index (χ1) is 30.5. The number of aromatic nitrogens is 6. The van der Waals surface area contributed by atoms with E-state index in [0.717, 1.165) is 18.5 Å². The van der Waals surface area contributed by atoms with Gasteiger partial charge in [0.15, 0.2) is 0 Å². The van der Waals surface area contributed by atoms with Crippen molar-refractivity contribution in [2.75, 3.05) is 90.8 Å². The third kappa shape index (κ3) is 11.0. The van der Waals surface area contributed by atoms with Gasteiger partial charge in [-0.25, -0.2) is 0 Å². The molecular weight excluding hydrogens is 853 g/mol. The Labute approximate surface area is 363 Å². The number of nitrogens with one attached hydrogen (secondary N) is 4. The van der Waals surface area contributed by atoms with E-state index >= 15 is 0 Å². The summed E-state index contributed by atoms with van der Waals surface area (Å²) in [6, 6.07) is 27.4. The lowest BCUT2D eigenvalue weighted by molar-refractivity contribution is 0.122. The molecule has 2 fully saturated rings. The second-order valence-corrected chi connectivity index (χ2v) is 17.0. The van der Waals surface area contributed by atoms with Gasteiger partial charge in [0.25, 0.3) is 20.2 Å². The van der Waals surface area contributed by atoms with E-state index in [9.17, 15) is 21.4 Å². The van der Waals surface area contributed by atoms with E-state index in [0.29, 0.717) is 70.2 Å². The van der Waals surface area contributed by atoms with Crippen molar-refractivity contribution in [3.05, 3.63) is 108 Å². The molecule has 20 nitrogen and oxygen atoms in total. The SMILES string of the molecule is COS(=O)(=O)c1cc(Nc2nc(Nc3ccccc3)nc(N3CCOCC3)n2)ccc1/C=C/c1ccc(Nc2nc(Nc3ccccc3)nc(N3CCOCC3)n2)cc1S(=O)(=O)O. The lowest BCUT2D eigenvalue weighted by Gasteiger charge is -2.27. The zero-order valence-electron chi connectivity index (χ0n) is 33.7. The van der Waals surface area contributed by atoms with Crippen LogP contribution in [0.15, 0.2) is 107 Å². The smallest absolute Gasteiger partial charge is 0.297 e. The van der Waals surface area contributed by atoms with Crippen LogP contribution in [0, 0.1) is 0 Å². The molecule has 2 saturated heterocycles. The van der Waals surface area contributed by atoms with Crippen molar-refractivity contribution in [3.8, 4) is 0 Å². The number of hydrogen-bond acceptors (Lipinski definition) is 19. The molecule has 8 rings (SSSR count). The van der Waals surface area contributed by atoms with E-state index in [-0.39, 0.29) is 45.5 Å². The molecule has 0 saturated carbocycles. The topological polar surface area (TPSA) is 248 Å². The number of morpholine rings is 2. The van der Waals surface area contributed by atoms with Crippen molar-refractivity contribution < 1.29 is 35.0 Å². The van der Waals surface area contributed by atoms with Gasteiger partial charge in [-0.05, 0) is 59.7 Å². The van der Waals surface area contributed by atoms with Gasteiger partial charge >= 0.3 is 0 Å². The van der Waals surface area contributed by atoms with Crippen LogP contribution in [0.25, 0.3) is 12.2 Å². The summed E-state index contributed by atoms with van der Waals surface area (Å²) in [5, 5.41) is 12.5. The fourth-order valence-electron chi connectivity index (χ4n) is 6.53. The molecule has 4 heterocycles. The number of ether oxygens (including phenoxy) is 2. The van der Waals surface area contributed by atoms with E-state index in [4.69, 9.17) is 13.7 Å². The molecule has 5 N–H and O–H groups in total. The first-order valence-electron chi connectivity index (χ1n) is 19.6. The van der Waals surface area contributed by atoms with Gasteiger partial charge in [0, 0.05) is 48.9 Å². The van der Waals surface area contributed by atoms with E-state index in [1.165, 1.54) is 36.4 Å². The predicted octanol–water partition coefficient (Wildman–Crippen LogP) is 5.46. The molecule has 0 radical (unpaired) electrons. The quantitative estimate of drug-likeness (QED) is 0.0488. The molecule has 6 aromatic rings. The van der Waals surface area contributed by atoms with E-state index < -0.39 is 25.1 Å². The van der Waals surface area contributed by atoms with Crippen molar-refractivity contribution in [2.24, 2.45) is 0 Å². The molecule has 0 atom stereocenters. The summed E-state index contributed by atoms with van der Waals surface area (Å²) in [6.45, 7) is 4.22. The van der Waals surface area contributed by atoms with Crippen LogP contribution in [-0.2, 0) is 33.9 Å². The second kappa shape index (κ2) is 19.1. The molecule has 0 aliphatic carbocycles. The maximum absolute atomic E-state index is 13.3. The van der Waals surface area contributed by atoms with Gasteiger partial charge in [0.05, 0.1) is 33.5 Å². The highest BCUT2D eigenvalue weighted by Crippen LogP contribution is 2.30. The average Bonchev–Trinajstić information content (AvgIpc) is 3.29. The number of para-hydroxylation sites is 2. The minimum atomic E-state index is -4.81. The van der Waals surface area contributed by atoms with Gasteiger partial charge in [-0.1, -0.05) is 60.7 Å². The Morgan fingerprint density at radius 1 is 0.540 bits per heavy atom. The molecule has 2 aliphatic heterocycles. The largest absolute Gasteiger partial charge is 0.378 e. The number of hydrogen-bond donors (Lipinski definition) is 5. The van der Waals surface area contributed by atoms with Crippen molar-refractivity contribution in [1.82, 2.24) is 29.9 Å². The summed E-state index contributed by atoms with van der Waals surface area (Å²) in [6.07, 6.45) is 2.77. The maximum atomic E-state index is 13.3. The molecule has 326 valence electrons. The van der Waals surface area contributed by atoms with Crippen LogP contribution in [0.2, 0.25) is 0 Å². The van der Waals surface area contributed by atoms with Crippen LogP contribution in [-0.4, -0.2) is 111 Å². The average molecular weight is 895 g/mol. The Morgan fingerprint density at radius 2 is 0.921 bits per heavy atom. The van der Waals surface area contributed by atoms with Crippen molar-refractivity contribution >= 4 is 90.8 Å². The summed E-state index contributed by atoms with van der Waals surface area (Å²) < 4.78 is 78.5.